The van der Waals surface area contributed by atoms with Crippen LogP contribution in [0.1, 0.15) is 6.92 Å². The summed E-state index contributed by atoms with van der Waals surface area (Å²) in [6.07, 6.45) is -5.68. The summed E-state index contributed by atoms with van der Waals surface area (Å²) < 4.78 is 70.6. The van der Waals surface area contributed by atoms with E-state index in [9.17, 15) is 26.3 Å². The molecule has 0 saturated carbocycles. The molecule has 7 heteroatoms. The highest BCUT2D eigenvalue weighted by molar-refractivity contribution is 4.96. The fourth-order valence-corrected chi connectivity index (χ4v) is 0.442. The van der Waals surface area contributed by atoms with E-state index < -0.39 is 24.4 Å². The molecule has 0 bridgehead atoms. The molecule has 0 amide bonds. The summed E-state index contributed by atoms with van der Waals surface area (Å²) in [5.74, 6) is -4.56. The van der Waals surface area contributed by atoms with E-state index in [2.05, 4.69) is 0 Å². The zero-order chi connectivity index (χ0) is 10.2. The van der Waals surface area contributed by atoms with Crippen LogP contribution in [0.2, 0.25) is 0 Å². The van der Waals surface area contributed by atoms with Crippen molar-refractivity contribution in [1.82, 2.24) is 0 Å². The van der Waals surface area contributed by atoms with Gasteiger partial charge in [0.25, 0.3) is 11.5 Å². The molecule has 0 aromatic rings. The molecule has 0 aromatic carbocycles. The van der Waals surface area contributed by atoms with Crippen molar-refractivity contribution >= 4 is 0 Å². The second-order valence-corrected chi connectivity index (χ2v) is 2.38. The number of hydrogen-bond donors (Lipinski definition) is 1. The monoisotopic (exact) mass is 196 g/mol. The Balaban J connectivity index is 4.95. The summed E-state index contributed by atoms with van der Waals surface area (Å²) in [6, 6.07) is 0. The van der Waals surface area contributed by atoms with Gasteiger partial charge in [-0.05, 0) is 0 Å². The molecule has 0 fully saturated rings. The summed E-state index contributed by atoms with van der Waals surface area (Å²) >= 11 is 0. The van der Waals surface area contributed by atoms with Crippen LogP contribution in [0.4, 0.5) is 26.3 Å². The van der Waals surface area contributed by atoms with Gasteiger partial charge in [-0.2, -0.15) is 13.2 Å². The fourth-order valence-electron chi connectivity index (χ4n) is 0.442. The fraction of sp³-hybridized carbons (Fsp3) is 1.00. The molecule has 0 rings (SSSR count). The van der Waals surface area contributed by atoms with Gasteiger partial charge in [0.1, 0.15) is 6.67 Å². The van der Waals surface area contributed by atoms with E-state index in [1.165, 1.54) is 0 Å². The maximum atomic E-state index is 12.1. The van der Waals surface area contributed by atoms with Gasteiger partial charge in [0, 0.05) is 6.92 Å². The van der Waals surface area contributed by atoms with E-state index >= 15 is 0 Å². The first-order valence-electron chi connectivity index (χ1n) is 2.79. The van der Waals surface area contributed by atoms with Crippen molar-refractivity contribution in [3.05, 3.63) is 0 Å². The highest BCUT2D eigenvalue weighted by atomic mass is 19.4. The zero-order valence-corrected chi connectivity index (χ0v) is 5.92. The molecule has 0 spiro atoms. The first-order valence-corrected chi connectivity index (χ1v) is 2.79. The predicted octanol–water partition coefficient (Wildman–Crippen LogP) is 1.90. The summed E-state index contributed by atoms with van der Waals surface area (Å²) in [4.78, 5) is 0. The van der Waals surface area contributed by atoms with Crippen molar-refractivity contribution in [2.75, 3.05) is 6.67 Å². The predicted molar refractivity (Wildman–Crippen MR) is 27.6 cm³/mol. The third-order valence-electron chi connectivity index (χ3n) is 1.39. The second-order valence-electron chi connectivity index (χ2n) is 2.38. The van der Waals surface area contributed by atoms with Gasteiger partial charge in [-0.25, -0.2) is 13.2 Å². The van der Waals surface area contributed by atoms with Gasteiger partial charge >= 0.3 is 6.18 Å². The molecule has 1 atom stereocenters. The van der Waals surface area contributed by atoms with E-state index in [-0.39, 0.29) is 6.92 Å². The van der Waals surface area contributed by atoms with Crippen LogP contribution in [0.15, 0.2) is 0 Å². The minimum atomic E-state index is -5.68. The van der Waals surface area contributed by atoms with Crippen LogP contribution >= 0.6 is 0 Å². The highest BCUT2D eigenvalue weighted by Gasteiger charge is 2.67. The molecule has 0 aliphatic rings. The van der Waals surface area contributed by atoms with Gasteiger partial charge in [-0.1, -0.05) is 0 Å². The van der Waals surface area contributed by atoms with Crippen molar-refractivity contribution in [3.63, 3.8) is 0 Å². The first kappa shape index (κ1) is 11.5. The van der Waals surface area contributed by atoms with Gasteiger partial charge in [-0.15, -0.1) is 0 Å². The number of halogens is 6. The van der Waals surface area contributed by atoms with Crippen LogP contribution in [-0.2, 0) is 0 Å². The molecule has 74 valence electrons. The number of aliphatic hydroxyl groups is 1. The van der Waals surface area contributed by atoms with Crippen LogP contribution in [0.25, 0.3) is 0 Å². The minimum Gasteiger partial charge on any atom is -0.374 e. The Bertz CT molecular complexity index is 142. The molecule has 0 saturated heterocycles. The molecular formula is C5H6F6O. The minimum absolute atomic E-state index is 0.194. The highest BCUT2D eigenvalue weighted by Crippen LogP contribution is 2.41. The van der Waals surface area contributed by atoms with Crippen LogP contribution in [0.5, 0.6) is 0 Å². The molecule has 0 aromatic heterocycles. The Morgan fingerprint density at radius 1 is 1.08 bits per heavy atom. The molecule has 1 nitrogen and oxygen atoms in total. The lowest BCUT2D eigenvalue weighted by Gasteiger charge is -2.32. The van der Waals surface area contributed by atoms with Crippen LogP contribution in [0.3, 0.4) is 0 Å². The Kier molecular flexibility index (Phi) is 2.68. The lowest BCUT2D eigenvalue weighted by Crippen LogP contribution is -2.59. The summed E-state index contributed by atoms with van der Waals surface area (Å²) in [7, 11) is 0. The van der Waals surface area contributed by atoms with Crippen molar-refractivity contribution in [1.29, 1.82) is 0 Å². The third kappa shape index (κ3) is 1.65. The van der Waals surface area contributed by atoms with Crippen LogP contribution in [0, 0.1) is 0 Å². The van der Waals surface area contributed by atoms with E-state index in [0.29, 0.717) is 0 Å². The molecule has 12 heavy (non-hydrogen) atoms. The number of rotatable bonds is 2. The molecule has 0 aliphatic heterocycles. The molecule has 0 aliphatic carbocycles. The maximum Gasteiger partial charge on any atom is 0.425 e. The molecule has 0 radical (unpaired) electrons. The van der Waals surface area contributed by atoms with E-state index in [1.807, 2.05) is 0 Å². The topological polar surface area (TPSA) is 20.2 Å². The van der Waals surface area contributed by atoms with Gasteiger partial charge < -0.3 is 5.11 Å². The summed E-state index contributed by atoms with van der Waals surface area (Å²) in [5.41, 5.74) is -4.58. The maximum absolute atomic E-state index is 12.1. The summed E-state index contributed by atoms with van der Waals surface area (Å²) in [6.45, 7) is -2.76. The molecular weight excluding hydrogens is 190 g/mol. The van der Waals surface area contributed by atoms with Crippen molar-refractivity contribution in [2.45, 2.75) is 24.6 Å². The van der Waals surface area contributed by atoms with Crippen LogP contribution < -0.4 is 0 Å². The number of hydrogen-bond acceptors (Lipinski definition) is 1. The Labute approximate surface area is 64.0 Å². The molecule has 1 unspecified atom stereocenters. The normalized spacial score (nSPS) is 19.0. The van der Waals surface area contributed by atoms with Gasteiger partial charge in [0.05, 0.1) is 0 Å². The van der Waals surface area contributed by atoms with E-state index in [0.717, 1.165) is 0 Å². The zero-order valence-electron chi connectivity index (χ0n) is 5.92. The van der Waals surface area contributed by atoms with Crippen LogP contribution in [-0.4, -0.2) is 29.5 Å². The third-order valence-corrected chi connectivity index (χ3v) is 1.39. The van der Waals surface area contributed by atoms with Gasteiger partial charge in [0.2, 0.25) is 0 Å². The molecule has 1 N–H and O–H groups in total. The molecule has 0 heterocycles. The standard InChI is InChI=1S/C5H6F6O/c1-3(7,8)4(12,2-6)5(9,10)11/h12H,2H2,1H3. The first-order chi connectivity index (χ1) is 5.06. The lowest BCUT2D eigenvalue weighted by atomic mass is 9.98. The van der Waals surface area contributed by atoms with Crippen molar-refractivity contribution in [2.24, 2.45) is 0 Å². The number of alkyl halides is 6. The van der Waals surface area contributed by atoms with Crippen molar-refractivity contribution < 1.29 is 31.4 Å². The Morgan fingerprint density at radius 3 is 1.42 bits per heavy atom. The average molecular weight is 196 g/mol. The quantitative estimate of drug-likeness (QED) is 0.668. The largest absolute Gasteiger partial charge is 0.425 e. The second kappa shape index (κ2) is 2.79. The Morgan fingerprint density at radius 2 is 1.42 bits per heavy atom. The van der Waals surface area contributed by atoms with Gasteiger partial charge in [-0.3, -0.25) is 0 Å². The lowest BCUT2D eigenvalue weighted by molar-refractivity contribution is -0.330. The van der Waals surface area contributed by atoms with Crippen molar-refractivity contribution in [3.8, 4) is 0 Å². The van der Waals surface area contributed by atoms with Gasteiger partial charge in [0.15, 0.2) is 0 Å². The summed E-state index contributed by atoms with van der Waals surface area (Å²) in [5, 5.41) is 8.24. The average Bonchev–Trinajstić information content (AvgIpc) is 1.81. The van der Waals surface area contributed by atoms with E-state index in [4.69, 9.17) is 5.11 Å². The Hall–Kier alpha value is -0.460. The smallest absolute Gasteiger partial charge is 0.374 e. The van der Waals surface area contributed by atoms with E-state index in [1.54, 1.807) is 0 Å². The SMILES string of the molecule is CC(F)(F)C(O)(CF)C(F)(F)F.